The number of rotatable bonds is 2. The quantitative estimate of drug-likeness (QED) is 0.767. The summed E-state index contributed by atoms with van der Waals surface area (Å²) < 4.78 is 3.60. The summed E-state index contributed by atoms with van der Waals surface area (Å²) in [5, 5.41) is 4.88. The molecule has 2 aromatic rings. The molecule has 0 amide bonds. The second kappa shape index (κ2) is 4.93. The van der Waals surface area contributed by atoms with Crippen LogP contribution in [0.2, 0.25) is 5.02 Å². The summed E-state index contributed by atoms with van der Waals surface area (Å²) in [5.41, 5.74) is 6.94. The molecule has 0 atom stereocenters. The fourth-order valence-corrected chi connectivity index (χ4v) is 2.16. The van der Waals surface area contributed by atoms with Crippen LogP contribution in [0.5, 0.6) is 0 Å². The highest BCUT2D eigenvalue weighted by molar-refractivity contribution is 14.1. The van der Waals surface area contributed by atoms with Crippen molar-refractivity contribution in [1.29, 1.82) is 0 Å². The Hall–Kier alpha value is -0.270. The molecule has 6 heteroatoms. The van der Waals surface area contributed by atoms with E-state index >= 15 is 0 Å². The third kappa shape index (κ3) is 2.52. The van der Waals surface area contributed by atoms with Gasteiger partial charge in [-0.25, -0.2) is 4.68 Å². The van der Waals surface area contributed by atoms with Gasteiger partial charge in [-0.3, -0.25) is 0 Å². The molecule has 0 aliphatic heterocycles. The summed E-state index contributed by atoms with van der Waals surface area (Å²) in [4.78, 5) is 0. The molecule has 0 bridgehead atoms. The van der Waals surface area contributed by atoms with Gasteiger partial charge in [-0.2, -0.15) is 5.10 Å². The first kappa shape index (κ1) is 12.2. The van der Waals surface area contributed by atoms with Gasteiger partial charge in [0.2, 0.25) is 0 Å². The first-order valence-electron chi connectivity index (χ1n) is 4.48. The minimum atomic E-state index is 0.627. The third-order valence-corrected chi connectivity index (χ3v) is 4.21. The van der Waals surface area contributed by atoms with E-state index in [-0.39, 0.29) is 0 Å². The average Bonchev–Trinajstić information content (AvgIpc) is 2.55. The van der Waals surface area contributed by atoms with E-state index in [0.29, 0.717) is 17.4 Å². The van der Waals surface area contributed by atoms with Gasteiger partial charge in [-0.05, 0) is 56.2 Å². The highest BCUT2D eigenvalue weighted by atomic mass is 127. The van der Waals surface area contributed by atoms with Crippen LogP contribution in [-0.4, -0.2) is 9.78 Å². The number of aromatic nitrogens is 2. The monoisotopic (exact) mass is 411 g/mol. The van der Waals surface area contributed by atoms with Gasteiger partial charge in [0.15, 0.2) is 0 Å². The summed E-state index contributed by atoms with van der Waals surface area (Å²) in [6.07, 6.45) is 1.75. The first-order chi connectivity index (χ1) is 7.58. The van der Waals surface area contributed by atoms with Crippen molar-refractivity contribution in [1.82, 2.24) is 9.78 Å². The molecule has 0 saturated heterocycles. The Morgan fingerprint density at radius 1 is 1.50 bits per heavy atom. The molecule has 2 rings (SSSR count). The largest absolute Gasteiger partial charge is 0.383 e. The third-order valence-electron chi connectivity index (χ3n) is 2.15. The van der Waals surface area contributed by atoms with Crippen LogP contribution in [0.15, 0.2) is 28.9 Å². The van der Waals surface area contributed by atoms with Gasteiger partial charge in [-0.15, -0.1) is 0 Å². The smallest absolute Gasteiger partial charge is 0.135 e. The average molecular weight is 412 g/mol. The molecule has 16 heavy (non-hydrogen) atoms. The molecule has 0 aliphatic carbocycles. The van der Waals surface area contributed by atoms with E-state index in [2.05, 4.69) is 43.6 Å². The van der Waals surface area contributed by atoms with Crippen LogP contribution >= 0.6 is 50.1 Å². The predicted molar refractivity (Wildman–Crippen MR) is 77.6 cm³/mol. The van der Waals surface area contributed by atoms with Gasteiger partial charge in [0.1, 0.15) is 5.82 Å². The normalized spacial score (nSPS) is 10.7. The number of hydrogen-bond donors (Lipinski definition) is 1. The van der Waals surface area contributed by atoms with Gasteiger partial charge in [0.05, 0.1) is 21.3 Å². The van der Waals surface area contributed by atoms with E-state index in [1.807, 2.05) is 18.2 Å². The molecule has 0 saturated carbocycles. The summed E-state index contributed by atoms with van der Waals surface area (Å²) in [7, 11) is 0. The SMILES string of the molecule is Nc1c(I)cnn1Cc1ccc(Br)c(Cl)c1. The van der Waals surface area contributed by atoms with Crippen molar-refractivity contribution in [3.8, 4) is 0 Å². The molecule has 1 heterocycles. The van der Waals surface area contributed by atoms with E-state index in [9.17, 15) is 0 Å². The van der Waals surface area contributed by atoms with Gasteiger partial charge < -0.3 is 5.73 Å². The van der Waals surface area contributed by atoms with Crippen molar-refractivity contribution in [2.24, 2.45) is 0 Å². The number of anilines is 1. The van der Waals surface area contributed by atoms with Crippen LogP contribution in [-0.2, 0) is 6.54 Å². The molecule has 0 radical (unpaired) electrons. The highest BCUT2D eigenvalue weighted by Crippen LogP contribution is 2.24. The first-order valence-corrected chi connectivity index (χ1v) is 6.73. The fourth-order valence-electron chi connectivity index (χ4n) is 1.31. The van der Waals surface area contributed by atoms with Crippen molar-refractivity contribution in [3.63, 3.8) is 0 Å². The van der Waals surface area contributed by atoms with Crippen molar-refractivity contribution < 1.29 is 0 Å². The number of nitrogens with zero attached hydrogens (tertiary/aromatic N) is 2. The summed E-state index contributed by atoms with van der Waals surface area (Å²) >= 11 is 11.5. The molecule has 0 unspecified atom stereocenters. The predicted octanol–water partition coefficient (Wildman–Crippen LogP) is 3.53. The second-order valence-corrected chi connectivity index (χ2v) is 5.71. The molecule has 2 N–H and O–H groups in total. The Morgan fingerprint density at radius 2 is 2.25 bits per heavy atom. The molecule has 0 fully saturated rings. The highest BCUT2D eigenvalue weighted by Gasteiger charge is 2.06. The van der Waals surface area contributed by atoms with E-state index in [1.54, 1.807) is 10.9 Å². The van der Waals surface area contributed by atoms with Crippen LogP contribution < -0.4 is 5.73 Å². The molecule has 3 nitrogen and oxygen atoms in total. The van der Waals surface area contributed by atoms with Crippen LogP contribution in [0.25, 0.3) is 0 Å². The summed E-state index contributed by atoms with van der Waals surface area (Å²) in [5.74, 6) is 0.680. The Bertz CT molecular complexity index is 527. The van der Waals surface area contributed by atoms with Crippen molar-refractivity contribution >= 4 is 55.9 Å². The minimum Gasteiger partial charge on any atom is -0.383 e. The van der Waals surface area contributed by atoms with E-state index in [0.717, 1.165) is 13.6 Å². The molecule has 84 valence electrons. The fraction of sp³-hybridized carbons (Fsp3) is 0.100. The number of benzene rings is 1. The van der Waals surface area contributed by atoms with Crippen LogP contribution in [0.4, 0.5) is 5.82 Å². The lowest BCUT2D eigenvalue weighted by Crippen LogP contribution is -2.06. The zero-order chi connectivity index (χ0) is 11.7. The standard InChI is InChI=1S/C10H8BrClIN3/c11-7-2-1-6(3-8(7)12)5-16-10(14)9(13)4-15-16/h1-4H,5,14H2. The maximum Gasteiger partial charge on any atom is 0.135 e. The Kier molecular flexibility index (Phi) is 3.76. The maximum atomic E-state index is 6.02. The number of nitrogens with two attached hydrogens (primary N) is 1. The lowest BCUT2D eigenvalue weighted by atomic mass is 10.2. The van der Waals surface area contributed by atoms with Crippen molar-refractivity contribution in [2.75, 3.05) is 5.73 Å². The maximum absolute atomic E-state index is 6.02. The minimum absolute atomic E-state index is 0.627. The molecule has 1 aromatic carbocycles. The van der Waals surface area contributed by atoms with Crippen molar-refractivity contribution in [3.05, 3.63) is 43.0 Å². The molecular formula is C10H8BrClIN3. The number of hydrogen-bond acceptors (Lipinski definition) is 2. The van der Waals surface area contributed by atoms with E-state index < -0.39 is 0 Å². The van der Waals surface area contributed by atoms with Gasteiger partial charge >= 0.3 is 0 Å². The summed E-state index contributed by atoms with van der Waals surface area (Å²) in [6.45, 7) is 0.627. The van der Waals surface area contributed by atoms with Crippen LogP contribution in [0, 0.1) is 3.57 Å². The molecule has 0 spiro atoms. The van der Waals surface area contributed by atoms with Gasteiger partial charge in [0, 0.05) is 4.47 Å². The lowest BCUT2D eigenvalue weighted by Gasteiger charge is -2.05. The van der Waals surface area contributed by atoms with E-state index in [1.165, 1.54) is 0 Å². The van der Waals surface area contributed by atoms with E-state index in [4.69, 9.17) is 17.3 Å². The Morgan fingerprint density at radius 3 is 2.81 bits per heavy atom. The van der Waals surface area contributed by atoms with Crippen LogP contribution in [0.3, 0.4) is 0 Å². The summed E-state index contributed by atoms with van der Waals surface area (Å²) in [6, 6.07) is 5.81. The Labute approximate surface area is 120 Å². The zero-order valence-corrected chi connectivity index (χ0v) is 12.6. The number of nitrogen functional groups attached to an aromatic ring is 1. The zero-order valence-electron chi connectivity index (χ0n) is 8.12. The molecule has 0 aliphatic rings. The van der Waals surface area contributed by atoms with Crippen molar-refractivity contribution in [2.45, 2.75) is 6.54 Å². The van der Waals surface area contributed by atoms with Gasteiger partial charge in [0.25, 0.3) is 0 Å². The van der Waals surface area contributed by atoms with Gasteiger partial charge in [-0.1, -0.05) is 17.7 Å². The Balaban J connectivity index is 2.27. The second-order valence-electron chi connectivity index (χ2n) is 3.28. The lowest BCUT2D eigenvalue weighted by molar-refractivity contribution is 0.697. The topological polar surface area (TPSA) is 43.8 Å². The number of halogens is 3. The van der Waals surface area contributed by atoms with Crippen LogP contribution in [0.1, 0.15) is 5.56 Å². The molecular weight excluding hydrogens is 404 g/mol. The molecule has 1 aromatic heterocycles.